The topological polar surface area (TPSA) is 139 Å². The predicted octanol–water partition coefficient (Wildman–Crippen LogP) is 2.74. The second-order valence-corrected chi connectivity index (χ2v) is 6.96. The summed E-state index contributed by atoms with van der Waals surface area (Å²) in [6.45, 7) is 3.76. The van der Waals surface area contributed by atoms with Gasteiger partial charge in [0.1, 0.15) is 22.3 Å². The number of hydrogen-bond donors (Lipinski definition) is 3. The van der Waals surface area contributed by atoms with Gasteiger partial charge in [-0.2, -0.15) is 5.10 Å². The summed E-state index contributed by atoms with van der Waals surface area (Å²) in [4.78, 5) is 25.1. The van der Waals surface area contributed by atoms with Gasteiger partial charge in [-0.15, -0.1) is 0 Å². The second kappa shape index (κ2) is 9.11. The molecule has 2 aromatic heterocycles. The molecule has 10 heteroatoms. The van der Waals surface area contributed by atoms with E-state index in [0.717, 1.165) is 16.9 Å². The number of nitrogens with zero attached hydrogens (tertiary/aromatic N) is 4. The number of phenolic OH excluding ortho intramolecular Hbond substituents is 1. The second-order valence-electron chi connectivity index (χ2n) is 5.98. The van der Waals surface area contributed by atoms with Crippen LogP contribution in [0.1, 0.15) is 39.5 Å². The van der Waals surface area contributed by atoms with Crippen molar-refractivity contribution in [1.29, 1.82) is 0 Å². The van der Waals surface area contributed by atoms with Crippen molar-refractivity contribution in [3.8, 4) is 5.75 Å². The fourth-order valence-corrected chi connectivity index (χ4v) is 3.25. The molecule has 0 radical (unpaired) electrons. The highest BCUT2D eigenvalue weighted by Gasteiger charge is 2.16. The summed E-state index contributed by atoms with van der Waals surface area (Å²) in [5.41, 5.74) is 7.46. The Hall–Kier alpha value is -3.53. The number of aromatic amines is 1. The van der Waals surface area contributed by atoms with Crippen LogP contribution in [0.2, 0.25) is 0 Å². The molecule has 0 spiro atoms. The number of benzene rings is 1. The van der Waals surface area contributed by atoms with Crippen LogP contribution in [-0.2, 0) is 11.2 Å². The highest BCUT2D eigenvalue weighted by atomic mass is 32.1. The van der Waals surface area contributed by atoms with E-state index in [1.807, 2.05) is 12.1 Å². The molecule has 0 atom stereocenters. The molecule has 0 aliphatic heterocycles. The summed E-state index contributed by atoms with van der Waals surface area (Å²) in [5, 5.41) is 16.7. The van der Waals surface area contributed by atoms with Crippen LogP contribution in [0.4, 0.5) is 5.13 Å². The van der Waals surface area contributed by atoms with Crippen molar-refractivity contribution in [3.63, 3.8) is 0 Å². The molecule has 0 aliphatic rings. The first-order valence-corrected chi connectivity index (χ1v) is 9.62. The zero-order valence-corrected chi connectivity index (χ0v) is 16.7. The lowest BCUT2D eigenvalue weighted by molar-refractivity contribution is 0.0531. The molecule has 0 saturated carbocycles. The van der Waals surface area contributed by atoms with E-state index in [-0.39, 0.29) is 11.6 Å². The molecule has 9 nitrogen and oxygen atoms in total. The van der Waals surface area contributed by atoms with Gasteiger partial charge in [-0.25, -0.2) is 19.8 Å². The Kier molecular flexibility index (Phi) is 6.35. The average Bonchev–Trinajstić information content (AvgIpc) is 3.28. The summed E-state index contributed by atoms with van der Waals surface area (Å²) in [5.74, 6) is 1.15. The first-order chi connectivity index (χ1) is 13.9. The summed E-state index contributed by atoms with van der Waals surface area (Å²) in [6.07, 6.45) is 3.75. The van der Waals surface area contributed by atoms with E-state index in [1.165, 1.54) is 0 Å². The number of aromatic nitrogens is 4. The Morgan fingerprint density at radius 3 is 2.83 bits per heavy atom. The maximum Gasteiger partial charge on any atom is 0.350 e. The summed E-state index contributed by atoms with van der Waals surface area (Å²) >= 11 is 1.12. The first kappa shape index (κ1) is 20.2. The Bertz CT molecular complexity index is 1050. The summed E-state index contributed by atoms with van der Waals surface area (Å²) in [7, 11) is 0. The van der Waals surface area contributed by atoms with Crippen LogP contribution >= 0.6 is 11.3 Å². The number of carbonyl (C=O) groups excluding carboxylic acids is 1. The van der Waals surface area contributed by atoms with Gasteiger partial charge in [-0.3, -0.25) is 5.10 Å². The maximum atomic E-state index is 11.8. The van der Waals surface area contributed by atoms with Gasteiger partial charge in [0.15, 0.2) is 5.82 Å². The number of carbonyl (C=O) groups is 1. The Morgan fingerprint density at radius 1 is 1.34 bits per heavy atom. The van der Waals surface area contributed by atoms with Crippen molar-refractivity contribution >= 4 is 34.3 Å². The Balaban J connectivity index is 1.65. The number of nitrogens with one attached hydrogen (secondary N) is 1. The number of hydrogen-bond acceptors (Lipinski definition) is 8. The Labute approximate surface area is 171 Å². The van der Waals surface area contributed by atoms with E-state index in [9.17, 15) is 9.90 Å². The van der Waals surface area contributed by atoms with Gasteiger partial charge in [0, 0.05) is 6.42 Å². The van der Waals surface area contributed by atoms with Crippen molar-refractivity contribution < 1.29 is 14.6 Å². The molecular formula is C19H20N6O3S. The molecule has 150 valence electrons. The zero-order valence-electron chi connectivity index (χ0n) is 15.9. The number of phenols is 1. The normalized spacial score (nSPS) is 11.9. The van der Waals surface area contributed by atoms with E-state index >= 15 is 0 Å². The van der Waals surface area contributed by atoms with Crippen molar-refractivity contribution in [2.24, 2.45) is 10.7 Å². The molecule has 29 heavy (non-hydrogen) atoms. The minimum absolute atomic E-state index is 0.207. The maximum absolute atomic E-state index is 11.8. The smallest absolute Gasteiger partial charge is 0.350 e. The van der Waals surface area contributed by atoms with Crippen LogP contribution in [0.3, 0.4) is 0 Å². The lowest BCUT2D eigenvalue weighted by Gasteiger charge is -1.97. The molecule has 1 aromatic carbocycles. The molecule has 2 heterocycles. The van der Waals surface area contributed by atoms with Gasteiger partial charge in [-0.1, -0.05) is 23.5 Å². The van der Waals surface area contributed by atoms with E-state index < -0.39 is 5.97 Å². The number of ether oxygens (including phenoxy) is 1. The number of H-pyrrole nitrogens is 1. The quantitative estimate of drug-likeness (QED) is 0.308. The lowest BCUT2D eigenvalue weighted by Crippen LogP contribution is -2.06. The van der Waals surface area contributed by atoms with E-state index in [0.29, 0.717) is 40.4 Å². The predicted molar refractivity (Wildman–Crippen MR) is 110 cm³/mol. The van der Waals surface area contributed by atoms with Crippen LogP contribution in [0.25, 0.3) is 6.08 Å². The number of amidine groups is 1. The van der Waals surface area contributed by atoms with E-state index in [2.05, 4.69) is 25.2 Å². The zero-order chi connectivity index (χ0) is 20.8. The molecule has 3 aromatic rings. The van der Waals surface area contributed by atoms with Crippen molar-refractivity contribution in [2.45, 2.75) is 20.3 Å². The van der Waals surface area contributed by atoms with Crippen molar-refractivity contribution in [3.05, 3.63) is 58.1 Å². The molecule has 3 rings (SSSR count). The number of thiazole rings is 1. The van der Waals surface area contributed by atoms with Crippen LogP contribution in [-0.4, -0.2) is 43.7 Å². The molecule has 0 amide bonds. The highest BCUT2D eigenvalue weighted by molar-refractivity contribution is 7.17. The fourth-order valence-electron chi connectivity index (χ4n) is 2.39. The molecule has 0 aliphatic carbocycles. The first-order valence-electron chi connectivity index (χ1n) is 8.80. The molecule has 0 bridgehead atoms. The van der Waals surface area contributed by atoms with Crippen molar-refractivity contribution in [2.75, 3.05) is 6.61 Å². The van der Waals surface area contributed by atoms with E-state index in [4.69, 9.17) is 10.5 Å². The molecular weight excluding hydrogens is 392 g/mol. The summed E-state index contributed by atoms with van der Waals surface area (Å²) < 4.78 is 4.99. The lowest BCUT2D eigenvalue weighted by atomic mass is 10.1. The van der Waals surface area contributed by atoms with Gasteiger partial charge in [0.25, 0.3) is 0 Å². The standard InChI is InChI=1S/C19H20N6O3S/c1-3-28-18(27)17-11(2)21-19(29-17)22-14(20)8-9-15-23-16(25-24-15)10-12-4-6-13(26)7-5-12/h4-9,26H,3,10H2,1-2H3,(H2,20,21,22)(H,23,24,25)/b9-8-. The third kappa shape index (κ3) is 5.48. The minimum atomic E-state index is -0.417. The summed E-state index contributed by atoms with van der Waals surface area (Å²) in [6, 6.07) is 6.88. The van der Waals surface area contributed by atoms with Gasteiger partial charge >= 0.3 is 5.97 Å². The number of esters is 1. The van der Waals surface area contributed by atoms with Gasteiger partial charge in [0.2, 0.25) is 5.13 Å². The van der Waals surface area contributed by atoms with Gasteiger partial charge in [-0.05, 0) is 43.7 Å². The number of aryl methyl sites for hydroxylation is 1. The highest BCUT2D eigenvalue weighted by Crippen LogP contribution is 2.25. The third-order valence-electron chi connectivity index (χ3n) is 3.73. The van der Waals surface area contributed by atoms with Crippen LogP contribution in [0.15, 0.2) is 35.3 Å². The van der Waals surface area contributed by atoms with Crippen LogP contribution in [0, 0.1) is 6.92 Å². The fraction of sp³-hybridized carbons (Fsp3) is 0.211. The van der Waals surface area contributed by atoms with Crippen LogP contribution in [0.5, 0.6) is 5.75 Å². The van der Waals surface area contributed by atoms with Gasteiger partial charge in [0.05, 0.1) is 12.3 Å². The molecule has 0 saturated heterocycles. The van der Waals surface area contributed by atoms with Crippen LogP contribution < -0.4 is 5.73 Å². The van der Waals surface area contributed by atoms with Gasteiger partial charge < -0.3 is 15.6 Å². The van der Waals surface area contributed by atoms with Crippen molar-refractivity contribution in [1.82, 2.24) is 20.2 Å². The molecule has 4 N–H and O–H groups in total. The third-order valence-corrected chi connectivity index (χ3v) is 4.76. The monoisotopic (exact) mass is 412 g/mol. The SMILES string of the molecule is CCOC(=O)c1sc(/N=C(N)/C=C\c2n[nH]c(Cc3ccc(O)cc3)n2)nc1C. The van der Waals surface area contributed by atoms with E-state index in [1.54, 1.807) is 38.1 Å². The Morgan fingerprint density at radius 2 is 2.10 bits per heavy atom. The number of rotatable bonds is 7. The number of nitrogens with two attached hydrogens (primary N) is 1. The molecule has 0 unspecified atom stereocenters. The number of aliphatic imine (C=N–C) groups is 1. The largest absolute Gasteiger partial charge is 0.508 e. The number of aromatic hydroxyl groups is 1. The molecule has 0 fully saturated rings. The minimum Gasteiger partial charge on any atom is -0.508 e. The average molecular weight is 412 g/mol.